The number of ether oxygens (including phenoxy) is 3. The number of halogens is 1. The van der Waals surface area contributed by atoms with Gasteiger partial charge in [-0.05, 0) is 55.0 Å². The molecule has 0 bridgehead atoms. The Bertz CT molecular complexity index is 1190. The molecule has 4 nitrogen and oxygen atoms in total. The number of hydrogen-bond acceptors (Lipinski definition) is 4. The number of unbranched alkanes of at least 4 members (excludes halogenated alkanes) is 5. The molecular formula is C35H42BrO4PSi. The molecule has 0 aliphatic carbocycles. The van der Waals surface area contributed by atoms with Crippen molar-refractivity contribution in [3.63, 3.8) is 0 Å². The Morgan fingerprint density at radius 3 is 1.62 bits per heavy atom. The monoisotopic (exact) mass is 664 g/mol. The molecular weight excluding hydrogens is 623 g/mol. The normalized spacial score (nSPS) is 11.3. The molecule has 0 saturated heterocycles. The molecule has 4 aromatic carbocycles. The first-order valence-electron chi connectivity index (χ1n) is 14.5. The van der Waals surface area contributed by atoms with Crippen LogP contribution in [-0.4, -0.2) is 41.4 Å². The van der Waals surface area contributed by atoms with E-state index in [0.29, 0.717) is 16.1 Å². The average Bonchev–Trinajstić information content (AvgIpc) is 3.03. The van der Waals surface area contributed by atoms with E-state index in [4.69, 9.17) is 14.2 Å². The predicted molar refractivity (Wildman–Crippen MR) is 174 cm³/mol. The Hall–Kier alpha value is -2.47. The summed E-state index contributed by atoms with van der Waals surface area (Å²) < 4.78 is 17.1. The summed E-state index contributed by atoms with van der Waals surface area (Å²) in [4.78, 5) is 0. The molecule has 0 saturated carbocycles. The van der Waals surface area contributed by atoms with Crippen LogP contribution in [0.25, 0.3) is 0 Å². The molecule has 0 heterocycles. The van der Waals surface area contributed by atoms with Crippen molar-refractivity contribution < 1.29 is 36.3 Å². The highest BCUT2D eigenvalue weighted by Crippen LogP contribution is 2.56. The first-order chi connectivity index (χ1) is 20.2. The third kappa shape index (κ3) is 8.78. The second kappa shape index (κ2) is 18.2. The lowest BCUT2D eigenvalue weighted by Gasteiger charge is -2.29. The van der Waals surface area contributed by atoms with Gasteiger partial charge in [0.05, 0.1) is 6.61 Å². The predicted octanol–water partition coefficient (Wildman–Crippen LogP) is 3.43. The van der Waals surface area contributed by atoms with Crippen molar-refractivity contribution in [2.24, 2.45) is 0 Å². The molecule has 42 heavy (non-hydrogen) atoms. The quantitative estimate of drug-likeness (QED) is 0.0814. The van der Waals surface area contributed by atoms with E-state index in [0.717, 1.165) is 29.9 Å². The minimum Gasteiger partial charge on any atom is -1.00 e. The van der Waals surface area contributed by atoms with E-state index in [2.05, 4.69) is 91.0 Å². The highest BCUT2D eigenvalue weighted by atomic mass is 79.9. The molecule has 1 N–H and O–H groups in total. The Labute approximate surface area is 265 Å². The van der Waals surface area contributed by atoms with Gasteiger partial charge < -0.3 is 36.3 Å². The van der Waals surface area contributed by atoms with Crippen molar-refractivity contribution >= 4 is 38.0 Å². The number of benzene rings is 4. The Balaban J connectivity index is 0.00000484. The van der Waals surface area contributed by atoms with Crippen molar-refractivity contribution in [1.82, 2.24) is 0 Å². The van der Waals surface area contributed by atoms with Crippen molar-refractivity contribution in [3.05, 3.63) is 109 Å². The van der Waals surface area contributed by atoms with E-state index >= 15 is 0 Å². The molecule has 2 radical (unpaired) electrons. The second-order valence-electron chi connectivity index (χ2n) is 10.1. The molecule has 0 aromatic heterocycles. The zero-order valence-corrected chi connectivity index (χ0v) is 28.1. The molecule has 0 fully saturated rings. The zero-order chi connectivity index (χ0) is 28.8. The van der Waals surface area contributed by atoms with Crippen LogP contribution in [0.2, 0.25) is 6.04 Å². The number of methoxy groups -OCH3 is 2. The lowest BCUT2D eigenvalue weighted by Crippen LogP contribution is -3.00. The maximum Gasteiger partial charge on any atom is 0.162 e. The Kier molecular flexibility index (Phi) is 14.8. The summed E-state index contributed by atoms with van der Waals surface area (Å²) in [5, 5.41) is 15.5. The molecule has 0 unspecified atom stereocenters. The first-order valence-corrected chi connectivity index (χ1v) is 17.6. The van der Waals surface area contributed by atoms with Crippen LogP contribution in [0.4, 0.5) is 0 Å². The number of aromatic hydroxyl groups is 1. The summed E-state index contributed by atoms with van der Waals surface area (Å²) in [5.41, 5.74) is 0. The highest BCUT2D eigenvalue weighted by molar-refractivity contribution is 8.01. The fourth-order valence-corrected chi connectivity index (χ4v) is 10.7. The Morgan fingerprint density at radius 1 is 0.643 bits per heavy atom. The molecule has 7 heteroatoms. The topological polar surface area (TPSA) is 47.9 Å². The van der Waals surface area contributed by atoms with Crippen molar-refractivity contribution in [2.75, 3.05) is 20.8 Å². The van der Waals surface area contributed by atoms with Gasteiger partial charge in [-0.15, -0.1) is 0 Å². The maximum absolute atomic E-state index is 10.8. The maximum atomic E-state index is 10.8. The van der Waals surface area contributed by atoms with Crippen molar-refractivity contribution in [2.45, 2.75) is 50.5 Å². The van der Waals surface area contributed by atoms with Crippen LogP contribution in [0, 0.1) is 0 Å². The minimum absolute atomic E-state index is 0. The van der Waals surface area contributed by atoms with Gasteiger partial charge in [0.15, 0.2) is 11.1 Å². The van der Waals surface area contributed by atoms with E-state index in [1.807, 2.05) is 12.1 Å². The fraction of sp³-hybridized carbons (Fsp3) is 0.314. The van der Waals surface area contributed by atoms with E-state index in [1.165, 1.54) is 41.6 Å². The molecule has 0 spiro atoms. The summed E-state index contributed by atoms with van der Waals surface area (Å²) in [6, 6.07) is 38.9. The van der Waals surface area contributed by atoms with Crippen LogP contribution >= 0.6 is 7.26 Å². The molecule has 222 valence electrons. The third-order valence-corrected chi connectivity index (χ3v) is 13.0. The van der Waals surface area contributed by atoms with Gasteiger partial charge in [0.1, 0.15) is 44.4 Å². The third-order valence-electron chi connectivity index (χ3n) is 7.30. The van der Waals surface area contributed by atoms with E-state index in [-0.39, 0.29) is 28.6 Å². The van der Waals surface area contributed by atoms with Gasteiger partial charge in [0, 0.05) is 20.3 Å². The van der Waals surface area contributed by atoms with Gasteiger partial charge in [-0.3, -0.25) is 0 Å². The van der Waals surface area contributed by atoms with E-state index in [1.54, 1.807) is 20.3 Å². The van der Waals surface area contributed by atoms with Crippen LogP contribution in [0.5, 0.6) is 11.5 Å². The largest absolute Gasteiger partial charge is 1.00 e. The van der Waals surface area contributed by atoms with E-state index in [9.17, 15) is 5.11 Å². The summed E-state index contributed by atoms with van der Waals surface area (Å²) in [7, 11) is 1.75. The highest BCUT2D eigenvalue weighted by Gasteiger charge is 2.50. The molecule has 4 aromatic rings. The van der Waals surface area contributed by atoms with Crippen LogP contribution in [0.15, 0.2) is 109 Å². The number of phenols is 1. The number of phenolic OH excluding ortho intramolecular Hbond substituents is 1. The SMILES string of the molecule is COC(OC)[Si]CCCCCCCCOc1ccc(O)cc1[P+](c1ccccc1)(c1ccccc1)c1ccccc1.[Br-]. The fourth-order valence-electron chi connectivity index (χ4n) is 5.31. The van der Waals surface area contributed by atoms with Crippen LogP contribution in [0.1, 0.15) is 38.5 Å². The second-order valence-corrected chi connectivity index (χ2v) is 14.8. The minimum atomic E-state index is -2.36. The lowest BCUT2D eigenvalue weighted by molar-refractivity contribution is -0.0441. The smallest absolute Gasteiger partial charge is 0.162 e. The van der Waals surface area contributed by atoms with Gasteiger partial charge in [0.2, 0.25) is 0 Å². The van der Waals surface area contributed by atoms with Crippen molar-refractivity contribution in [1.29, 1.82) is 0 Å². The van der Waals surface area contributed by atoms with Crippen LogP contribution < -0.4 is 42.9 Å². The van der Waals surface area contributed by atoms with Crippen molar-refractivity contribution in [3.8, 4) is 11.5 Å². The van der Waals surface area contributed by atoms with Crippen LogP contribution in [0.3, 0.4) is 0 Å². The molecule has 4 rings (SSSR count). The van der Waals surface area contributed by atoms with Gasteiger partial charge in [-0.1, -0.05) is 92.7 Å². The molecule has 0 aliphatic rings. The molecule has 0 amide bonds. The lowest BCUT2D eigenvalue weighted by atomic mass is 10.1. The van der Waals surface area contributed by atoms with Gasteiger partial charge in [0.25, 0.3) is 0 Å². The summed E-state index contributed by atoms with van der Waals surface area (Å²) in [5.74, 6) is 1.05. The first kappa shape index (κ1) is 34.0. The summed E-state index contributed by atoms with van der Waals surface area (Å²) in [6.07, 6.45) is 7.06. The molecule has 0 atom stereocenters. The molecule has 0 aliphatic heterocycles. The van der Waals surface area contributed by atoms with Gasteiger partial charge in [-0.2, -0.15) is 0 Å². The van der Waals surface area contributed by atoms with E-state index < -0.39 is 7.26 Å². The summed E-state index contributed by atoms with van der Waals surface area (Å²) in [6.45, 7) is 0.654. The zero-order valence-electron chi connectivity index (χ0n) is 24.6. The van der Waals surface area contributed by atoms with Gasteiger partial charge >= 0.3 is 0 Å². The van der Waals surface area contributed by atoms with Gasteiger partial charge in [-0.25, -0.2) is 0 Å². The standard InChI is InChI=1S/C35H41O4PSi.BrH/c1-37-35(38-2)41-27-17-6-4-3-5-16-26-39-33-25-24-29(36)28-34(33)40(30-18-10-7-11-19-30,31-20-12-8-13-21-31)32-22-14-9-15-23-32;/h7-15,18-25,28,35H,3-6,16-17,26-27H2,1-2H3;1H. The summed E-state index contributed by atoms with van der Waals surface area (Å²) >= 11 is 0. The number of rotatable bonds is 17. The number of hydrogen-bond donors (Lipinski definition) is 1. The van der Waals surface area contributed by atoms with Crippen LogP contribution in [-0.2, 0) is 9.47 Å². The Morgan fingerprint density at radius 2 is 1.12 bits per heavy atom. The average molecular weight is 666 g/mol.